The van der Waals surface area contributed by atoms with Gasteiger partial charge in [-0.15, -0.1) is 0 Å². The van der Waals surface area contributed by atoms with Gasteiger partial charge >= 0.3 is 0 Å². The van der Waals surface area contributed by atoms with Gasteiger partial charge in [0.2, 0.25) is 5.43 Å². The maximum Gasteiger partial charge on any atom is 0.264 e. The molecule has 2 aromatic carbocycles. The fourth-order valence-electron chi connectivity index (χ4n) is 3.05. The smallest absolute Gasteiger partial charge is 0.264 e. The number of benzene rings is 2. The minimum atomic E-state index is -0.393. The summed E-state index contributed by atoms with van der Waals surface area (Å²) >= 11 is 0. The number of H-pyrrole nitrogens is 1. The molecule has 24 heavy (non-hydrogen) atoms. The summed E-state index contributed by atoms with van der Waals surface area (Å²) in [6.45, 7) is 2.25. The number of aromatic nitrogens is 3. The Labute approximate surface area is 137 Å². The van der Waals surface area contributed by atoms with E-state index in [1.54, 1.807) is 19.1 Å². The van der Waals surface area contributed by atoms with E-state index in [2.05, 4.69) is 9.97 Å². The monoisotopic (exact) mass is 317 g/mol. The average Bonchev–Trinajstić information content (AvgIpc) is 2.59. The van der Waals surface area contributed by atoms with Crippen molar-refractivity contribution in [2.45, 2.75) is 13.5 Å². The van der Waals surface area contributed by atoms with E-state index in [1.165, 1.54) is 0 Å². The molecule has 0 bridgehead atoms. The zero-order valence-corrected chi connectivity index (χ0v) is 13.1. The van der Waals surface area contributed by atoms with Crippen molar-refractivity contribution < 1.29 is 0 Å². The number of nitrogens with one attached hydrogen (secondary N) is 1. The fourth-order valence-corrected chi connectivity index (χ4v) is 3.05. The van der Waals surface area contributed by atoms with Crippen LogP contribution in [0.25, 0.3) is 21.9 Å². The Balaban J connectivity index is 2.17. The molecule has 2 aromatic heterocycles. The molecule has 1 N–H and O–H groups in total. The first-order valence-electron chi connectivity index (χ1n) is 7.71. The van der Waals surface area contributed by atoms with Gasteiger partial charge in [0.1, 0.15) is 11.2 Å². The second-order valence-corrected chi connectivity index (χ2v) is 5.77. The van der Waals surface area contributed by atoms with E-state index in [0.717, 1.165) is 11.1 Å². The van der Waals surface area contributed by atoms with Crippen molar-refractivity contribution in [3.05, 3.63) is 86.6 Å². The molecule has 0 aliphatic rings. The third-order valence-electron chi connectivity index (χ3n) is 4.12. The number of fused-ring (bicyclic) bond motifs is 2. The van der Waals surface area contributed by atoms with Gasteiger partial charge in [-0.3, -0.25) is 9.59 Å². The molecule has 0 saturated carbocycles. The first-order valence-corrected chi connectivity index (χ1v) is 7.71. The summed E-state index contributed by atoms with van der Waals surface area (Å²) in [6.07, 6.45) is 0. The summed E-state index contributed by atoms with van der Waals surface area (Å²) in [7, 11) is 0. The van der Waals surface area contributed by atoms with Crippen LogP contribution in [0.5, 0.6) is 0 Å². The normalized spacial score (nSPS) is 11.2. The Kier molecular flexibility index (Phi) is 3.27. The molecule has 0 unspecified atom stereocenters. The van der Waals surface area contributed by atoms with Crippen LogP contribution in [0.15, 0.2) is 64.2 Å². The first-order chi connectivity index (χ1) is 11.6. The number of hydrogen-bond donors (Lipinski definition) is 1. The van der Waals surface area contributed by atoms with Crippen LogP contribution >= 0.6 is 0 Å². The highest BCUT2D eigenvalue weighted by Gasteiger charge is 2.15. The molecule has 5 nitrogen and oxygen atoms in total. The van der Waals surface area contributed by atoms with Crippen LogP contribution in [0.3, 0.4) is 0 Å². The molecule has 4 aromatic rings. The quantitative estimate of drug-likeness (QED) is 0.578. The van der Waals surface area contributed by atoms with Crippen molar-refractivity contribution >= 4 is 21.9 Å². The standard InChI is InChI=1S/C19H15N3O2/c1-12-20-18-16(19(24)21-12)17(23)14-9-5-6-10-15(14)22(18)11-13-7-3-2-4-8-13/h2-10H,11H2,1H3,(H,20,21,24). The topological polar surface area (TPSA) is 67.8 Å². The second-order valence-electron chi connectivity index (χ2n) is 5.77. The Hall–Kier alpha value is -3.21. The van der Waals surface area contributed by atoms with E-state index < -0.39 is 5.56 Å². The van der Waals surface area contributed by atoms with Gasteiger partial charge in [-0.25, -0.2) is 4.98 Å². The van der Waals surface area contributed by atoms with Gasteiger partial charge in [0.25, 0.3) is 5.56 Å². The van der Waals surface area contributed by atoms with Crippen LogP contribution in [0.4, 0.5) is 0 Å². The van der Waals surface area contributed by atoms with Gasteiger partial charge < -0.3 is 9.55 Å². The first kappa shape index (κ1) is 14.4. The number of aromatic amines is 1. The molecule has 0 aliphatic heterocycles. The van der Waals surface area contributed by atoms with Crippen molar-refractivity contribution in [1.29, 1.82) is 0 Å². The van der Waals surface area contributed by atoms with Gasteiger partial charge in [0, 0.05) is 11.9 Å². The third-order valence-corrected chi connectivity index (χ3v) is 4.12. The van der Waals surface area contributed by atoms with E-state index >= 15 is 0 Å². The summed E-state index contributed by atoms with van der Waals surface area (Å²) < 4.78 is 1.93. The van der Waals surface area contributed by atoms with Crippen LogP contribution in [-0.4, -0.2) is 14.5 Å². The summed E-state index contributed by atoms with van der Waals surface area (Å²) in [5.41, 5.74) is 1.60. The Morgan fingerprint density at radius 2 is 1.71 bits per heavy atom. The predicted octanol–water partition coefficient (Wildman–Crippen LogP) is 2.59. The number of nitrogens with zero attached hydrogens (tertiary/aromatic N) is 2. The van der Waals surface area contributed by atoms with Crippen molar-refractivity contribution in [2.75, 3.05) is 0 Å². The lowest BCUT2D eigenvalue weighted by Gasteiger charge is -2.14. The van der Waals surface area contributed by atoms with Gasteiger partial charge in [-0.2, -0.15) is 0 Å². The minimum Gasteiger partial charge on any atom is -0.320 e. The highest BCUT2D eigenvalue weighted by Crippen LogP contribution is 2.17. The van der Waals surface area contributed by atoms with E-state index in [1.807, 2.05) is 47.0 Å². The van der Waals surface area contributed by atoms with Gasteiger partial charge in [-0.1, -0.05) is 42.5 Å². The van der Waals surface area contributed by atoms with Crippen LogP contribution in [0, 0.1) is 6.92 Å². The van der Waals surface area contributed by atoms with Crippen LogP contribution in [0.1, 0.15) is 11.4 Å². The Bertz CT molecular complexity index is 1170. The van der Waals surface area contributed by atoms with Crippen molar-refractivity contribution in [3.8, 4) is 0 Å². The Morgan fingerprint density at radius 3 is 2.50 bits per heavy atom. The highest BCUT2D eigenvalue weighted by molar-refractivity contribution is 5.91. The average molecular weight is 317 g/mol. The van der Waals surface area contributed by atoms with Crippen LogP contribution in [-0.2, 0) is 6.54 Å². The molecule has 2 heterocycles. The van der Waals surface area contributed by atoms with Crippen LogP contribution < -0.4 is 11.0 Å². The zero-order chi connectivity index (χ0) is 16.7. The Morgan fingerprint density at radius 1 is 1.00 bits per heavy atom. The summed E-state index contributed by atoms with van der Waals surface area (Å²) in [5.74, 6) is 0.490. The number of para-hydroxylation sites is 1. The molecule has 0 amide bonds. The number of aryl methyl sites for hydroxylation is 1. The largest absolute Gasteiger partial charge is 0.320 e. The van der Waals surface area contributed by atoms with Crippen LogP contribution in [0.2, 0.25) is 0 Å². The molecule has 118 valence electrons. The lowest BCUT2D eigenvalue weighted by Crippen LogP contribution is -2.23. The SMILES string of the molecule is Cc1nc2c(c(=O)[nH]1)c(=O)c1ccccc1n2Cc1ccccc1. The van der Waals surface area contributed by atoms with Crippen molar-refractivity contribution in [3.63, 3.8) is 0 Å². The highest BCUT2D eigenvalue weighted by atomic mass is 16.1. The molecule has 4 rings (SSSR count). The number of pyridine rings is 1. The molecule has 0 aliphatic carbocycles. The molecule has 0 fully saturated rings. The maximum atomic E-state index is 12.8. The predicted molar refractivity (Wildman–Crippen MR) is 94.4 cm³/mol. The summed E-state index contributed by atoms with van der Waals surface area (Å²) in [5, 5.41) is 0.632. The second kappa shape index (κ2) is 5.45. The van der Waals surface area contributed by atoms with E-state index in [0.29, 0.717) is 23.4 Å². The molecular weight excluding hydrogens is 302 g/mol. The molecule has 0 spiro atoms. The fraction of sp³-hybridized carbons (Fsp3) is 0.105. The van der Waals surface area contributed by atoms with Crippen molar-refractivity contribution in [2.24, 2.45) is 0 Å². The van der Waals surface area contributed by atoms with E-state index in [9.17, 15) is 9.59 Å². The zero-order valence-electron chi connectivity index (χ0n) is 13.1. The number of rotatable bonds is 2. The van der Waals surface area contributed by atoms with Gasteiger partial charge in [0.15, 0.2) is 5.65 Å². The van der Waals surface area contributed by atoms with E-state index in [-0.39, 0.29) is 10.8 Å². The summed E-state index contributed by atoms with van der Waals surface area (Å²) in [4.78, 5) is 32.2. The van der Waals surface area contributed by atoms with E-state index in [4.69, 9.17) is 0 Å². The maximum absolute atomic E-state index is 12.8. The lowest BCUT2D eigenvalue weighted by molar-refractivity contribution is 0.839. The minimum absolute atomic E-state index is 0.107. The molecular formula is C19H15N3O2. The molecule has 5 heteroatoms. The number of hydrogen-bond acceptors (Lipinski definition) is 3. The molecule has 0 radical (unpaired) electrons. The lowest BCUT2D eigenvalue weighted by atomic mass is 10.1. The molecule has 0 atom stereocenters. The summed E-state index contributed by atoms with van der Waals surface area (Å²) in [6, 6.07) is 17.2. The third kappa shape index (κ3) is 2.22. The van der Waals surface area contributed by atoms with Crippen molar-refractivity contribution in [1.82, 2.24) is 14.5 Å². The van der Waals surface area contributed by atoms with Gasteiger partial charge in [-0.05, 0) is 24.6 Å². The molecule has 0 saturated heterocycles. The van der Waals surface area contributed by atoms with Gasteiger partial charge in [0.05, 0.1) is 5.52 Å².